The molecule has 1 aromatic carbocycles. The minimum Gasteiger partial charge on any atom is -0.358 e. The number of nitrogens with one attached hydrogen (secondary N) is 1. The largest absolute Gasteiger partial charge is 0.358 e. The number of nitrogens with zero attached hydrogens (tertiary/aromatic N) is 2. The van der Waals surface area contributed by atoms with Gasteiger partial charge in [-0.05, 0) is 32.0 Å². The van der Waals surface area contributed by atoms with Crippen LogP contribution in [0.2, 0.25) is 0 Å². The number of aromatic nitrogens is 1. The van der Waals surface area contributed by atoms with E-state index in [0.29, 0.717) is 0 Å². The van der Waals surface area contributed by atoms with Gasteiger partial charge in [-0.25, -0.2) is 0 Å². The van der Waals surface area contributed by atoms with Gasteiger partial charge in [0, 0.05) is 42.8 Å². The fraction of sp³-hybridized carbons (Fsp3) is 0.471. The lowest BCUT2D eigenvalue weighted by atomic mass is 10.1. The number of piperazine rings is 1. The third-order valence-corrected chi connectivity index (χ3v) is 4.46. The number of amides is 1. The number of fused-ring (bicyclic) bond motifs is 1. The maximum absolute atomic E-state index is 12.9. The van der Waals surface area contributed by atoms with Crippen LogP contribution >= 0.6 is 0 Å². The number of carbonyl (C=O) groups is 1. The zero-order valence-corrected chi connectivity index (χ0v) is 13.1. The quantitative estimate of drug-likeness (QED) is 0.921. The number of benzene rings is 1. The van der Waals surface area contributed by atoms with Gasteiger partial charge in [0.2, 0.25) is 0 Å². The van der Waals surface area contributed by atoms with E-state index in [1.807, 2.05) is 11.8 Å². The van der Waals surface area contributed by atoms with E-state index in [4.69, 9.17) is 0 Å². The molecule has 1 aliphatic rings. The van der Waals surface area contributed by atoms with Gasteiger partial charge >= 0.3 is 0 Å². The zero-order valence-electron chi connectivity index (χ0n) is 13.1. The molecule has 1 aromatic heterocycles. The van der Waals surface area contributed by atoms with Crippen molar-refractivity contribution < 1.29 is 4.79 Å². The van der Waals surface area contributed by atoms with E-state index in [-0.39, 0.29) is 5.91 Å². The molecule has 0 spiro atoms. The van der Waals surface area contributed by atoms with Crippen LogP contribution in [-0.2, 0) is 0 Å². The first kappa shape index (κ1) is 14.1. The number of likely N-dealkylation sites (N-methyl/N-ethyl adjacent to an activating group) is 1. The van der Waals surface area contributed by atoms with Gasteiger partial charge in [0.25, 0.3) is 5.91 Å². The molecule has 1 saturated heterocycles. The third kappa shape index (κ3) is 2.56. The van der Waals surface area contributed by atoms with Crippen molar-refractivity contribution in [2.75, 3.05) is 32.7 Å². The van der Waals surface area contributed by atoms with Crippen LogP contribution < -0.4 is 0 Å². The average molecular weight is 285 g/mol. The van der Waals surface area contributed by atoms with E-state index >= 15 is 0 Å². The second-order valence-corrected chi connectivity index (χ2v) is 5.90. The highest BCUT2D eigenvalue weighted by molar-refractivity contribution is 6.08. The van der Waals surface area contributed by atoms with Gasteiger partial charge < -0.3 is 14.8 Å². The standard InChI is InChI=1S/C17H23N3O/c1-4-19-7-9-20(10-8-19)17(21)16-13(3)18-15-11-12(2)5-6-14(15)16/h5-6,11,18H,4,7-10H2,1-3H3. The predicted molar refractivity (Wildman–Crippen MR) is 85.8 cm³/mol. The van der Waals surface area contributed by atoms with Crippen LogP contribution in [0.3, 0.4) is 0 Å². The molecular weight excluding hydrogens is 262 g/mol. The van der Waals surface area contributed by atoms with E-state index in [1.165, 1.54) is 5.56 Å². The molecular formula is C17H23N3O. The molecule has 112 valence electrons. The van der Waals surface area contributed by atoms with E-state index in [2.05, 4.69) is 41.9 Å². The summed E-state index contributed by atoms with van der Waals surface area (Å²) in [5.41, 5.74) is 4.08. The lowest BCUT2D eigenvalue weighted by molar-refractivity contribution is 0.0644. The summed E-state index contributed by atoms with van der Waals surface area (Å²) in [7, 11) is 0. The number of carbonyl (C=O) groups excluding carboxylic acids is 1. The minimum atomic E-state index is 0.165. The Hall–Kier alpha value is -1.81. The minimum absolute atomic E-state index is 0.165. The number of hydrogen-bond acceptors (Lipinski definition) is 2. The van der Waals surface area contributed by atoms with Crippen molar-refractivity contribution in [3.63, 3.8) is 0 Å². The molecule has 2 heterocycles. The first-order valence-electron chi connectivity index (χ1n) is 7.70. The second kappa shape index (κ2) is 5.53. The first-order chi connectivity index (χ1) is 10.1. The monoisotopic (exact) mass is 285 g/mol. The van der Waals surface area contributed by atoms with Crippen molar-refractivity contribution in [2.45, 2.75) is 20.8 Å². The summed E-state index contributed by atoms with van der Waals surface area (Å²) in [6.07, 6.45) is 0. The van der Waals surface area contributed by atoms with Gasteiger partial charge in [0.05, 0.1) is 5.56 Å². The average Bonchev–Trinajstić information content (AvgIpc) is 2.81. The lowest BCUT2D eigenvalue weighted by Gasteiger charge is -2.34. The SMILES string of the molecule is CCN1CCN(C(=O)c2c(C)[nH]c3cc(C)ccc23)CC1. The molecule has 1 fully saturated rings. The van der Waals surface area contributed by atoms with Crippen LogP contribution in [0.25, 0.3) is 10.9 Å². The first-order valence-corrected chi connectivity index (χ1v) is 7.70. The summed E-state index contributed by atoms with van der Waals surface area (Å²) in [4.78, 5) is 20.6. The highest BCUT2D eigenvalue weighted by Gasteiger charge is 2.25. The Morgan fingerprint density at radius 2 is 1.90 bits per heavy atom. The third-order valence-electron chi connectivity index (χ3n) is 4.46. The van der Waals surface area contributed by atoms with Gasteiger partial charge in [-0.2, -0.15) is 0 Å². The van der Waals surface area contributed by atoms with E-state index in [9.17, 15) is 4.79 Å². The van der Waals surface area contributed by atoms with Crippen LogP contribution in [0.4, 0.5) is 0 Å². The molecule has 3 rings (SSSR count). The van der Waals surface area contributed by atoms with Crippen molar-refractivity contribution in [1.82, 2.24) is 14.8 Å². The molecule has 1 N–H and O–H groups in total. The van der Waals surface area contributed by atoms with Crippen LogP contribution in [0.15, 0.2) is 18.2 Å². The van der Waals surface area contributed by atoms with Crippen molar-refractivity contribution in [2.24, 2.45) is 0 Å². The fourth-order valence-corrected chi connectivity index (χ4v) is 3.15. The molecule has 0 bridgehead atoms. The molecule has 0 aliphatic carbocycles. The van der Waals surface area contributed by atoms with E-state index in [0.717, 1.165) is 54.9 Å². The van der Waals surface area contributed by atoms with E-state index in [1.54, 1.807) is 0 Å². The van der Waals surface area contributed by atoms with Crippen molar-refractivity contribution in [1.29, 1.82) is 0 Å². The normalized spacial score (nSPS) is 16.6. The van der Waals surface area contributed by atoms with Crippen molar-refractivity contribution >= 4 is 16.8 Å². The number of aromatic amines is 1. The van der Waals surface area contributed by atoms with Crippen LogP contribution in [0, 0.1) is 13.8 Å². The Bertz CT molecular complexity index is 666. The van der Waals surface area contributed by atoms with Gasteiger partial charge in [0.1, 0.15) is 0 Å². The summed E-state index contributed by atoms with van der Waals surface area (Å²) in [6, 6.07) is 6.24. The van der Waals surface area contributed by atoms with Crippen molar-refractivity contribution in [3.8, 4) is 0 Å². The highest BCUT2D eigenvalue weighted by Crippen LogP contribution is 2.25. The maximum Gasteiger partial charge on any atom is 0.256 e. The summed E-state index contributed by atoms with van der Waals surface area (Å²) >= 11 is 0. The zero-order chi connectivity index (χ0) is 15.0. The Morgan fingerprint density at radius 1 is 1.19 bits per heavy atom. The van der Waals surface area contributed by atoms with Crippen LogP contribution in [-0.4, -0.2) is 53.4 Å². The van der Waals surface area contributed by atoms with Crippen LogP contribution in [0.1, 0.15) is 28.5 Å². The number of rotatable bonds is 2. The Labute approximate surface area is 125 Å². The molecule has 4 nitrogen and oxygen atoms in total. The fourth-order valence-electron chi connectivity index (χ4n) is 3.15. The lowest BCUT2D eigenvalue weighted by Crippen LogP contribution is -2.48. The molecule has 0 unspecified atom stereocenters. The van der Waals surface area contributed by atoms with Gasteiger partial charge in [0.15, 0.2) is 0 Å². The molecule has 0 atom stereocenters. The molecule has 0 radical (unpaired) electrons. The molecule has 1 amide bonds. The van der Waals surface area contributed by atoms with Crippen LogP contribution in [0.5, 0.6) is 0 Å². The Balaban J connectivity index is 1.90. The summed E-state index contributed by atoms with van der Waals surface area (Å²) in [5, 5.41) is 1.04. The number of H-pyrrole nitrogens is 1. The highest BCUT2D eigenvalue weighted by atomic mass is 16.2. The Morgan fingerprint density at radius 3 is 2.57 bits per heavy atom. The van der Waals surface area contributed by atoms with Gasteiger partial charge in [-0.15, -0.1) is 0 Å². The topological polar surface area (TPSA) is 39.3 Å². The van der Waals surface area contributed by atoms with Gasteiger partial charge in [-0.3, -0.25) is 4.79 Å². The Kier molecular flexibility index (Phi) is 3.72. The predicted octanol–water partition coefficient (Wildman–Crippen LogP) is 2.56. The summed E-state index contributed by atoms with van der Waals surface area (Å²) < 4.78 is 0. The van der Waals surface area contributed by atoms with Crippen molar-refractivity contribution in [3.05, 3.63) is 35.0 Å². The van der Waals surface area contributed by atoms with E-state index < -0.39 is 0 Å². The maximum atomic E-state index is 12.9. The molecule has 0 saturated carbocycles. The molecule has 2 aromatic rings. The summed E-state index contributed by atoms with van der Waals surface area (Å²) in [6.45, 7) is 10.9. The summed E-state index contributed by atoms with van der Waals surface area (Å²) in [5.74, 6) is 0.165. The molecule has 4 heteroatoms. The van der Waals surface area contributed by atoms with Gasteiger partial charge in [-0.1, -0.05) is 19.1 Å². The molecule has 21 heavy (non-hydrogen) atoms. The number of aryl methyl sites for hydroxylation is 2. The smallest absolute Gasteiger partial charge is 0.256 e. The molecule has 1 aliphatic heterocycles. The second-order valence-electron chi connectivity index (χ2n) is 5.90. The number of hydrogen-bond donors (Lipinski definition) is 1.